The van der Waals surface area contributed by atoms with Crippen LogP contribution in [0, 0.1) is 0 Å². The van der Waals surface area contributed by atoms with Crippen molar-refractivity contribution in [2.75, 3.05) is 46.8 Å². The van der Waals surface area contributed by atoms with Crippen LogP contribution in [-0.4, -0.2) is 82.3 Å². The van der Waals surface area contributed by atoms with Crippen molar-refractivity contribution in [3.63, 3.8) is 0 Å². The third kappa shape index (κ3) is 4.90. The number of aromatic nitrogens is 2. The fraction of sp³-hybridized carbons (Fsp3) is 0.611. The van der Waals surface area contributed by atoms with Crippen LogP contribution in [0.3, 0.4) is 0 Å². The van der Waals surface area contributed by atoms with E-state index >= 15 is 0 Å². The number of amides is 2. The molecule has 0 saturated carbocycles. The van der Waals surface area contributed by atoms with Gasteiger partial charge in [-0.05, 0) is 38.1 Å². The van der Waals surface area contributed by atoms with Crippen LogP contribution in [0.1, 0.15) is 18.9 Å². The zero-order valence-corrected chi connectivity index (χ0v) is 16.6. The maximum atomic E-state index is 12.3. The van der Waals surface area contributed by atoms with Crippen molar-refractivity contribution in [3.8, 4) is 0 Å². The molecular formula is C18H28N6OS. The monoisotopic (exact) mass is 376 g/mol. The molecule has 1 fully saturated rings. The lowest BCUT2D eigenvalue weighted by atomic mass is 10.1. The van der Waals surface area contributed by atoms with Crippen molar-refractivity contribution in [1.82, 2.24) is 28.8 Å². The molecule has 0 spiro atoms. The lowest BCUT2D eigenvalue weighted by Crippen LogP contribution is -2.49. The molecule has 2 aromatic rings. The molecule has 1 atom stereocenters. The number of hydrogen-bond donors (Lipinski definition) is 1. The van der Waals surface area contributed by atoms with E-state index in [1.54, 1.807) is 4.90 Å². The van der Waals surface area contributed by atoms with Gasteiger partial charge in [0.15, 0.2) is 0 Å². The number of rotatable bonds is 6. The second kappa shape index (κ2) is 8.75. The molecule has 26 heavy (non-hydrogen) atoms. The summed E-state index contributed by atoms with van der Waals surface area (Å²) in [5.74, 6) is 0. The van der Waals surface area contributed by atoms with Crippen LogP contribution >= 0.6 is 11.7 Å². The van der Waals surface area contributed by atoms with E-state index < -0.39 is 0 Å². The molecule has 3 rings (SSSR count). The van der Waals surface area contributed by atoms with Crippen LogP contribution in [0.15, 0.2) is 18.2 Å². The summed E-state index contributed by atoms with van der Waals surface area (Å²) in [7, 11) is 3.99. The molecule has 1 N–H and O–H groups in total. The molecule has 8 heteroatoms. The number of likely N-dealkylation sites (N-methyl/N-ethyl adjacent to an activating group) is 1. The summed E-state index contributed by atoms with van der Waals surface area (Å²) < 4.78 is 8.46. The van der Waals surface area contributed by atoms with Gasteiger partial charge in [-0.3, -0.25) is 4.90 Å². The molecule has 0 radical (unpaired) electrons. The van der Waals surface area contributed by atoms with Gasteiger partial charge in [-0.2, -0.15) is 8.75 Å². The fourth-order valence-corrected chi connectivity index (χ4v) is 3.76. The molecule has 1 aliphatic rings. The van der Waals surface area contributed by atoms with Gasteiger partial charge < -0.3 is 15.1 Å². The Hall–Kier alpha value is -1.77. The molecule has 1 aromatic carbocycles. The van der Waals surface area contributed by atoms with Crippen molar-refractivity contribution in [2.24, 2.45) is 0 Å². The van der Waals surface area contributed by atoms with Gasteiger partial charge in [0.2, 0.25) is 0 Å². The standard InChI is InChI=1S/C18H28N6OS/c1-14(24-10-8-22(2)9-11-24)6-7-19-18(25)23(3)13-15-4-5-16-17(12-15)21-26-20-16/h4-5,12,14H,6-11,13H2,1-3H3,(H,19,25)/t14-/m1/s1. The summed E-state index contributed by atoms with van der Waals surface area (Å²) in [6, 6.07) is 6.42. The van der Waals surface area contributed by atoms with Gasteiger partial charge in [0.1, 0.15) is 11.0 Å². The summed E-state index contributed by atoms with van der Waals surface area (Å²) in [5, 5.41) is 3.04. The number of fused-ring (bicyclic) bond motifs is 1. The van der Waals surface area contributed by atoms with E-state index in [0.717, 1.165) is 49.2 Å². The minimum absolute atomic E-state index is 0.0351. The highest BCUT2D eigenvalue weighted by atomic mass is 32.1. The highest BCUT2D eigenvalue weighted by Gasteiger charge is 2.19. The topological polar surface area (TPSA) is 64.6 Å². The first-order valence-electron chi connectivity index (χ1n) is 9.15. The number of piperazine rings is 1. The van der Waals surface area contributed by atoms with Gasteiger partial charge in [-0.25, -0.2) is 4.79 Å². The summed E-state index contributed by atoms with van der Waals surface area (Å²) in [6.45, 7) is 7.98. The predicted octanol–water partition coefficient (Wildman–Crippen LogP) is 1.86. The largest absolute Gasteiger partial charge is 0.338 e. The molecule has 0 aliphatic carbocycles. The Balaban J connectivity index is 1.41. The molecular weight excluding hydrogens is 348 g/mol. The first kappa shape index (κ1) is 19.0. The van der Waals surface area contributed by atoms with E-state index in [2.05, 4.69) is 37.8 Å². The van der Waals surface area contributed by atoms with Crippen molar-refractivity contribution in [2.45, 2.75) is 25.9 Å². The first-order valence-corrected chi connectivity index (χ1v) is 9.88. The number of urea groups is 1. The highest BCUT2D eigenvalue weighted by molar-refractivity contribution is 7.00. The average Bonchev–Trinajstić information content (AvgIpc) is 3.09. The van der Waals surface area contributed by atoms with E-state index in [-0.39, 0.29) is 6.03 Å². The maximum Gasteiger partial charge on any atom is 0.317 e. The molecule has 1 aromatic heterocycles. The van der Waals surface area contributed by atoms with Crippen molar-refractivity contribution in [1.29, 1.82) is 0 Å². The second-order valence-electron chi connectivity index (χ2n) is 7.15. The Bertz CT molecular complexity index is 727. The van der Waals surface area contributed by atoms with E-state index in [0.29, 0.717) is 19.1 Å². The van der Waals surface area contributed by atoms with E-state index in [9.17, 15) is 4.79 Å². The van der Waals surface area contributed by atoms with Gasteiger partial charge in [0.25, 0.3) is 0 Å². The number of nitrogens with one attached hydrogen (secondary N) is 1. The molecule has 0 bridgehead atoms. The Morgan fingerprint density at radius 1 is 1.27 bits per heavy atom. The number of carbonyl (C=O) groups excluding carboxylic acids is 1. The number of hydrogen-bond acceptors (Lipinski definition) is 6. The maximum absolute atomic E-state index is 12.3. The smallest absolute Gasteiger partial charge is 0.317 e. The summed E-state index contributed by atoms with van der Waals surface area (Å²) >= 11 is 1.21. The molecule has 1 saturated heterocycles. The molecule has 0 unspecified atom stereocenters. The third-order valence-electron chi connectivity index (χ3n) is 5.08. The Labute approximate surface area is 159 Å². The minimum atomic E-state index is -0.0351. The zero-order valence-electron chi connectivity index (χ0n) is 15.8. The van der Waals surface area contributed by atoms with Crippen molar-refractivity contribution in [3.05, 3.63) is 23.8 Å². The van der Waals surface area contributed by atoms with Gasteiger partial charge in [0, 0.05) is 52.4 Å². The van der Waals surface area contributed by atoms with Crippen LogP contribution in [0.2, 0.25) is 0 Å². The zero-order chi connectivity index (χ0) is 18.5. The van der Waals surface area contributed by atoms with Gasteiger partial charge in [-0.15, -0.1) is 0 Å². The van der Waals surface area contributed by atoms with Gasteiger partial charge in [-0.1, -0.05) is 6.07 Å². The first-order chi connectivity index (χ1) is 12.5. The normalized spacial score (nSPS) is 17.3. The predicted molar refractivity (Wildman–Crippen MR) is 105 cm³/mol. The van der Waals surface area contributed by atoms with E-state index in [4.69, 9.17) is 0 Å². The van der Waals surface area contributed by atoms with Gasteiger partial charge in [0.05, 0.1) is 11.7 Å². The fourth-order valence-electron chi connectivity index (χ4n) is 3.24. The number of carbonyl (C=O) groups is 1. The lowest BCUT2D eigenvalue weighted by molar-refractivity contribution is 0.114. The number of benzene rings is 1. The second-order valence-corrected chi connectivity index (χ2v) is 7.68. The Kier molecular flexibility index (Phi) is 6.39. The van der Waals surface area contributed by atoms with Crippen LogP contribution in [0.4, 0.5) is 4.79 Å². The van der Waals surface area contributed by atoms with Crippen molar-refractivity contribution >= 4 is 28.8 Å². The Morgan fingerprint density at radius 3 is 2.77 bits per heavy atom. The summed E-state index contributed by atoms with van der Waals surface area (Å²) in [6.07, 6.45) is 0.972. The van der Waals surface area contributed by atoms with Crippen molar-refractivity contribution < 1.29 is 4.79 Å². The third-order valence-corrected chi connectivity index (χ3v) is 5.64. The molecule has 142 valence electrons. The van der Waals surface area contributed by atoms with Crippen LogP contribution < -0.4 is 5.32 Å². The summed E-state index contributed by atoms with van der Waals surface area (Å²) in [4.78, 5) is 18.9. The van der Waals surface area contributed by atoms with Gasteiger partial charge >= 0.3 is 6.03 Å². The lowest BCUT2D eigenvalue weighted by Gasteiger charge is -2.36. The van der Waals surface area contributed by atoms with Crippen LogP contribution in [0.25, 0.3) is 11.0 Å². The molecule has 2 heterocycles. The van der Waals surface area contributed by atoms with E-state index in [1.165, 1.54) is 11.7 Å². The minimum Gasteiger partial charge on any atom is -0.338 e. The molecule has 2 amide bonds. The Morgan fingerprint density at radius 2 is 2.00 bits per heavy atom. The summed E-state index contributed by atoms with van der Waals surface area (Å²) in [5.41, 5.74) is 2.86. The van der Waals surface area contributed by atoms with Crippen LogP contribution in [0.5, 0.6) is 0 Å². The highest BCUT2D eigenvalue weighted by Crippen LogP contribution is 2.14. The average molecular weight is 377 g/mol. The number of nitrogens with zero attached hydrogens (tertiary/aromatic N) is 5. The molecule has 1 aliphatic heterocycles. The quantitative estimate of drug-likeness (QED) is 0.834. The van der Waals surface area contributed by atoms with E-state index in [1.807, 2.05) is 25.2 Å². The SMILES string of the molecule is C[C@H](CCNC(=O)N(C)Cc1ccc2nsnc2c1)N1CCN(C)CC1. The molecule has 7 nitrogen and oxygen atoms in total. The van der Waals surface area contributed by atoms with Crippen LogP contribution in [-0.2, 0) is 6.54 Å².